The smallest absolute Gasteiger partial charge is 0.541 e. The van der Waals surface area contributed by atoms with Crippen LogP contribution in [-0.2, 0) is 27.2 Å². The molecule has 0 amide bonds. The maximum atomic E-state index is 10.6. The van der Waals surface area contributed by atoms with Gasteiger partial charge in [-0.2, -0.15) is 0 Å². The van der Waals surface area contributed by atoms with Gasteiger partial charge in [-0.05, 0) is 0 Å². The van der Waals surface area contributed by atoms with Crippen molar-refractivity contribution in [1.82, 2.24) is 10.2 Å². The van der Waals surface area contributed by atoms with Crippen molar-refractivity contribution in [2.75, 3.05) is 0 Å². The minimum atomic E-state index is -3.45. The molecule has 0 bridgehead atoms. The molecule has 0 fully saturated rings. The molecule has 102 valence electrons. The van der Waals surface area contributed by atoms with Crippen LogP contribution in [0.3, 0.4) is 0 Å². The van der Waals surface area contributed by atoms with Crippen LogP contribution in [0.15, 0.2) is 12.3 Å². The summed E-state index contributed by atoms with van der Waals surface area (Å²) in [6.45, 7) is 0. The fourth-order valence-corrected chi connectivity index (χ4v) is 1.14. The zero-order valence-corrected chi connectivity index (χ0v) is 9.44. The van der Waals surface area contributed by atoms with Crippen LogP contribution in [0.4, 0.5) is 0 Å². The minimum Gasteiger partial charge on any atom is -0.541 e. The molecule has 1 aliphatic rings. The molecule has 0 saturated carbocycles. The van der Waals surface area contributed by atoms with E-state index in [0.717, 1.165) is 0 Å². The predicted molar refractivity (Wildman–Crippen MR) is 41.5 cm³/mol. The molecule has 14 heteroatoms. The first-order valence-electron chi connectivity index (χ1n) is 3.68. The normalized spacial score (nSPS) is 21.3. The number of carboxylic acids is 1. The average Bonchev–Trinajstić information content (AvgIpc) is 2.57. The van der Waals surface area contributed by atoms with E-state index < -0.39 is 36.9 Å². The van der Waals surface area contributed by atoms with Gasteiger partial charge in [0, 0.05) is 0 Å². The molecule has 1 heterocycles. The number of aliphatic carboxylic acids is 1. The van der Waals surface area contributed by atoms with Gasteiger partial charge < -0.3 is 9.90 Å². The van der Waals surface area contributed by atoms with Crippen molar-refractivity contribution in [2.45, 2.75) is 5.66 Å². The Morgan fingerprint density at radius 1 is 1.11 bits per heavy atom. The molecule has 0 N–H and O–H groups in total. The number of hydrogen-bond donors (Lipinski definition) is 0. The van der Waals surface area contributed by atoms with E-state index in [1.807, 2.05) is 0 Å². The molecule has 0 aromatic rings. The summed E-state index contributed by atoms with van der Waals surface area (Å²) < 4.78 is 0. The molecular formula is C4H2AgN5O8. The van der Waals surface area contributed by atoms with Gasteiger partial charge in [-0.25, -0.2) is 20.2 Å². The first-order valence-corrected chi connectivity index (χ1v) is 3.68. The number of hydrogen-bond acceptors (Lipinski definition) is 8. The number of nitro groups is 3. The molecule has 0 saturated heterocycles. The third-order valence-corrected chi connectivity index (χ3v) is 1.84. The molecule has 1 atom stereocenters. The molecule has 18 heavy (non-hydrogen) atoms. The van der Waals surface area contributed by atoms with Crippen molar-refractivity contribution in [3.63, 3.8) is 0 Å². The fourth-order valence-electron chi connectivity index (χ4n) is 1.14. The van der Waals surface area contributed by atoms with Gasteiger partial charge >= 0.3 is 28.0 Å². The van der Waals surface area contributed by atoms with Crippen molar-refractivity contribution in [2.24, 2.45) is 0 Å². The summed E-state index contributed by atoms with van der Waals surface area (Å²) in [7, 11) is 0. The quantitative estimate of drug-likeness (QED) is 0.289. The molecule has 0 aromatic heterocycles. The van der Waals surface area contributed by atoms with Crippen LogP contribution >= 0.6 is 0 Å². The zero-order chi connectivity index (χ0) is 13.4. The van der Waals surface area contributed by atoms with Crippen molar-refractivity contribution in [1.29, 1.82) is 0 Å². The van der Waals surface area contributed by atoms with Gasteiger partial charge in [-0.1, -0.05) is 0 Å². The number of rotatable bonds is 4. The average molecular weight is 356 g/mol. The molecule has 0 aliphatic carbocycles. The first kappa shape index (κ1) is 15.8. The third kappa shape index (κ3) is 1.96. The molecule has 1 rings (SSSR count). The second-order valence-electron chi connectivity index (χ2n) is 2.67. The Bertz CT molecular complexity index is 435. The second kappa shape index (κ2) is 4.94. The van der Waals surface area contributed by atoms with Crippen LogP contribution in [0.1, 0.15) is 0 Å². The van der Waals surface area contributed by atoms with E-state index in [-0.39, 0.29) is 34.7 Å². The van der Waals surface area contributed by atoms with Gasteiger partial charge in [0.25, 0.3) is 0 Å². The molecule has 0 radical (unpaired) electrons. The standard InChI is InChI=1S/C4H3N5O8.Ag/c10-3(11)4(7(12)13)1-2-5(8(14)15)6(4)9(16)17;/h1-2H,(H,10,11);/q;+1/p-1. The largest absolute Gasteiger partial charge is 1.00 e. The molecule has 1 unspecified atom stereocenters. The maximum absolute atomic E-state index is 10.6. The van der Waals surface area contributed by atoms with E-state index in [1.54, 1.807) is 0 Å². The van der Waals surface area contributed by atoms with Crippen molar-refractivity contribution < 1.29 is 47.3 Å². The van der Waals surface area contributed by atoms with Gasteiger partial charge in [0.1, 0.15) is 11.3 Å². The van der Waals surface area contributed by atoms with Crippen molar-refractivity contribution in [3.05, 3.63) is 42.6 Å². The van der Waals surface area contributed by atoms with Gasteiger partial charge in [-0.3, -0.25) is 10.1 Å². The Morgan fingerprint density at radius 3 is 1.89 bits per heavy atom. The fraction of sp³-hybridized carbons (Fsp3) is 0.250. The number of carbonyl (C=O) groups excluding carboxylic acids is 1. The molecular weight excluding hydrogens is 354 g/mol. The number of carbonyl (C=O) groups is 1. The Hall–Kier alpha value is -2.25. The molecule has 0 aromatic carbocycles. The van der Waals surface area contributed by atoms with Crippen LogP contribution in [0, 0.1) is 30.3 Å². The predicted octanol–water partition coefficient (Wildman–Crippen LogP) is -2.86. The van der Waals surface area contributed by atoms with Crippen LogP contribution in [0.25, 0.3) is 0 Å². The molecule has 1 aliphatic heterocycles. The zero-order valence-electron chi connectivity index (χ0n) is 7.96. The number of hydrazine groups is 3. The summed E-state index contributed by atoms with van der Waals surface area (Å²) in [6.07, 6.45) is 0.454. The third-order valence-electron chi connectivity index (χ3n) is 1.84. The molecule has 13 nitrogen and oxygen atoms in total. The summed E-state index contributed by atoms with van der Waals surface area (Å²) in [5, 5.41) is 37.9. The first-order chi connectivity index (χ1) is 7.75. The van der Waals surface area contributed by atoms with Gasteiger partial charge in [0.2, 0.25) is 0 Å². The van der Waals surface area contributed by atoms with Crippen LogP contribution in [0.5, 0.6) is 0 Å². The van der Waals surface area contributed by atoms with Crippen molar-refractivity contribution in [3.8, 4) is 0 Å². The monoisotopic (exact) mass is 355 g/mol. The minimum absolute atomic E-state index is 0. The number of nitrogens with zero attached hydrogens (tertiary/aromatic N) is 5. The summed E-state index contributed by atoms with van der Waals surface area (Å²) in [5.41, 5.74) is -3.45. The van der Waals surface area contributed by atoms with Gasteiger partial charge in [0.15, 0.2) is 16.0 Å². The maximum Gasteiger partial charge on any atom is 1.00 e. The molecule has 0 spiro atoms. The van der Waals surface area contributed by atoms with Crippen molar-refractivity contribution >= 4 is 5.97 Å². The Labute approximate surface area is 112 Å². The van der Waals surface area contributed by atoms with E-state index in [2.05, 4.69) is 0 Å². The Kier molecular flexibility index (Phi) is 4.33. The van der Waals surface area contributed by atoms with E-state index in [1.165, 1.54) is 0 Å². The topological polar surface area (TPSA) is 176 Å². The Morgan fingerprint density at radius 2 is 1.61 bits per heavy atom. The summed E-state index contributed by atoms with van der Waals surface area (Å²) in [6, 6.07) is 0. The summed E-state index contributed by atoms with van der Waals surface area (Å²) in [4.78, 5) is 40.5. The summed E-state index contributed by atoms with van der Waals surface area (Å²) >= 11 is 0. The van der Waals surface area contributed by atoms with Gasteiger partial charge in [-0.15, -0.1) is 0 Å². The number of carboxylic acid groups (broad SMARTS) is 1. The SMILES string of the molecule is O=C([O-])C1([N+](=O)[O-])C=CN([N+](=O)[O-])N1[N+](=O)[O-].[Ag+]. The van der Waals surface area contributed by atoms with E-state index in [0.29, 0.717) is 0 Å². The van der Waals surface area contributed by atoms with E-state index >= 15 is 0 Å². The van der Waals surface area contributed by atoms with Crippen LogP contribution in [-0.4, -0.2) is 36.9 Å². The van der Waals surface area contributed by atoms with Crippen LogP contribution < -0.4 is 5.11 Å². The van der Waals surface area contributed by atoms with Gasteiger partial charge in [0.05, 0.1) is 16.1 Å². The van der Waals surface area contributed by atoms with E-state index in [4.69, 9.17) is 0 Å². The van der Waals surface area contributed by atoms with E-state index in [9.17, 15) is 40.2 Å². The van der Waals surface area contributed by atoms with Crippen LogP contribution in [0.2, 0.25) is 0 Å². The second-order valence-corrected chi connectivity index (χ2v) is 2.67. The summed E-state index contributed by atoms with van der Waals surface area (Å²) in [5.74, 6) is -2.47. The Balaban J connectivity index is 0.00000289.